The van der Waals surface area contributed by atoms with Gasteiger partial charge in [-0.2, -0.15) is 0 Å². The van der Waals surface area contributed by atoms with Crippen LogP contribution in [-0.4, -0.2) is 21.0 Å². The number of nitrogens with zero attached hydrogens (tertiary/aromatic N) is 3. The molecule has 180 valence electrons. The molecule has 1 aliphatic heterocycles. The van der Waals surface area contributed by atoms with Gasteiger partial charge in [0.25, 0.3) is 0 Å². The number of piperidine rings is 1. The Morgan fingerprint density at radius 3 is 2.11 bits per heavy atom. The number of hydrogen-bond acceptors (Lipinski definition) is 2. The maximum Gasteiger partial charge on any atom is 0.141 e. The van der Waals surface area contributed by atoms with E-state index in [2.05, 4.69) is 109 Å². The predicted molar refractivity (Wildman–Crippen MR) is 146 cm³/mol. The summed E-state index contributed by atoms with van der Waals surface area (Å²) < 4.78 is 2.38. The average Bonchev–Trinajstić information content (AvgIpc) is 3.24. The molecule has 1 atom stereocenters. The Bertz CT molecular complexity index is 1230. The van der Waals surface area contributed by atoms with Crippen LogP contribution in [0.1, 0.15) is 61.5 Å². The molecule has 0 amide bonds. The van der Waals surface area contributed by atoms with Gasteiger partial charge in [-0.25, -0.2) is 4.98 Å². The highest BCUT2D eigenvalue weighted by Gasteiger charge is 2.28. The van der Waals surface area contributed by atoms with E-state index >= 15 is 0 Å². The molecule has 0 bridgehead atoms. The van der Waals surface area contributed by atoms with Gasteiger partial charge in [-0.3, -0.25) is 4.90 Å². The van der Waals surface area contributed by atoms with Gasteiger partial charge < -0.3 is 4.57 Å². The van der Waals surface area contributed by atoms with E-state index in [1.54, 1.807) is 0 Å². The Kier molecular flexibility index (Phi) is 7.15. The molecule has 5 rings (SSSR count). The Morgan fingerprint density at radius 2 is 1.46 bits per heavy atom. The lowest BCUT2D eigenvalue weighted by atomic mass is 9.95. The molecule has 4 aromatic rings. The summed E-state index contributed by atoms with van der Waals surface area (Å²) >= 11 is 0. The maximum absolute atomic E-state index is 5.37. The van der Waals surface area contributed by atoms with Crippen LogP contribution >= 0.6 is 0 Å². The average molecular weight is 464 g/mol. The second-order valence-electron chi connectivity index (χ2n) is 9.71. The van der Waals surface area contributed by atoms with Crippen molar-refractivity contribution in [1.29, 1.82) is 0 Å². The lowest BCUT2D eigenvalue weighted by Gasteiger charge is -2.36. The molecule has 0 saturated carbocycles. The number of aromatic nitrogens is 2. The Balaban J connectivity index is 1.63. The van der Waals surface area contributed by atoms with E-state index in [0.29, 0.717) is 6.04 Å². The fraction of sp³-hybridized carbons (Fsp3) is 0.344. The number of likely N-dealkylation sites (tertiary alicyclic amines) is 1. The summed E-state index contributed by atoms with van der Waals surface area (Å²) in [6, 6.07) is 29.0. The molecule has 3 aromatic carbocycles. The van der Waals surface area contributed by atoms with Crippen LogP contribution in [0.4, 0.5) is 0 Å². The van der Waals surface area contributed by atoms with E-state index in [9.17, 15) is 0 Å². The van der Waals surface area contributed by atoms with Gasteiger partial charge in [-0.15, -0.1) is 0 Å². The minimum Gasteiger partial charge on any atom is -0.329 e. The van der Waals surface area contributed by atoms with Crippen LogP contribution in [0.2, 0.25) is 0 Å². The normalized spacial score (nSPS) is 16.5. The van der Waals surface area contributed by atoms with Crippen molar-refractivity contribution in [2.45, 2.75) is 58.5 Å². The van der Waals surface area contributed by atoms with Crippen LogP contribution < -0.4 is 0 Å². The van der Waals surface area contributed by atoms with E-state index in [1.807, 2.05) is 0 Å². The van der Waals surface area contributed by atoms with Crippen LogP contribution in [0.25, 0.3) is 22.6 Å². The number of hydrogen-bond donors (Lipinski definition) is 0. The molecule has 1 saturated heterocycles. The highest BCUT2D eigenvalue weighted by molar-refractivity contribution is 5.72. The molecular formula is C32H37N3. The first-order valence-corrected chi connectivity index (χ1v) is 13.2. The van der Waals surface area contributed by atoms with Crippen LogP contribution in [0.3, 0.4) is 0 Å². The molecule has 1 aromatic heterocycles. The van der Waals surface area contributed by atoms with Gasteiger partial charge in [-0.1, -0.05) is 99.1 Å². The van der Waals surface area contributed by atoms with Crippen molar-refractivity contribution in [3.63, 3.8) is 0 Å². The Hall–Kier alpha value is -3.17. The number of aryl methyl sites for hydroxylation is 2. The molecule has 3 nitrogen and oxygen atoms in total. The summed E-state index contributed by atoms with van der Waals surface area (Å²) in [7, 11) is 2.22. The quantitative estimate of drug-likeness (QED) is 0.281. The van der Waals surface area contributed by atoms with Gasteiger partial charge in [0.15, 0.2) is 0 Å². The van der Waals surface area contributed by atoms with Crippen LogP contribution in [0.15, 0.2) is 78.9 Å². The summed E-state index contributed by atoms with van der Waals surface area (Å²) in [4.78, 5) is 8.05. The minimum atomic E-state index is 0.459. The van der Waals surface area contributed by atoms with E-state index in [0.717, 1.165) is 37.4 Å². The van der Waals surface area contributed by atoms with Crippen molar-refractivity contribution in [2.24, 2.45) is 7.05 Å². The molecule has 1 fully saturated rings. The number of imidazole rings is 1. The topological polar surface area (TPSA) is 21.1 Å². The second kappa shape index (κ2) is 10.6. The molecule has 1 unspecified atom stereocenters. The molecule has 1 aliphatic rings. The van der Waals surface area contributed by atoms with Crippen LogP contribution in [0, 0.1) is 0 Å². The molecule has 0 N–H and O–H groups in total. The summed E-state index contributed by atoms with van der Waals surface area (Å²) in [5, 5.41) is 0. The third kappa shape index (κ3) is 4.70. The zero-order valence-corrected chi connectivity index (χ0v) is 21.4. The molecule has 0 spiro atoms. The zero-order chi connectivity index (χ0) is 24.2. The van der Waals surface area contributed by atoms with Gasteiger partial charge in [-0.05, 0) is 48.9 Å². The lowest BCUT2D eigenvalue weighted by Crippen LogP contribution is -2.33. The van der Waals surface area contributed by atoms with Crippen LogP contribution in [-0.2, 0) is 26.4 Å². The monoisotopic (exact) mass is 463 g/mol. The predicted octanol–water partition coefficient (Wildman–Crippen LogP) is 7.61. The maximum atomic E-state index is 5.37. The van der Waals surface area contributed by atoms with Crippen molar-refractivity contribution in [1.82, 2.24) is 14.5 Å². The summed E-state index contributed by atoms with van der Waals surface area (Å²) in [6.45, 7) is 6.53. The summed E-state index contributed by atoms with van der Waals surface area (Å²) in [5.41, 5.74) is 9.13. The van der Waals surface area contributed by atoms with Crippen molar-refractivity contribution in [3.8, 4) is 22.6 Å². The molecule has 3 heteroatoms. The highest BCUT2D eigenvalue weighted by Crippen LogP contribution is 2.37. The van der Waals surface area contributed by atoms with E-state index < -0.39 is 0 Å². The highest BCUT2D eigenvalue weighted by atomic mass is 15.2. The van der Waals surface area contributed by atoms with Crippen molar-refractivity contribution < 1.29 is 0 Å². The first-order chi connectivity index (χ1) is 17.2. The Morgan fingerprint density at radius 1 is 0.800 bits per heavy atom. The fourth-order valence-corrected chi connectivity index (χ4v) is 5.72. The van der Waals surface area contributed by atoms with E-state index in [4.69, 9.17) is 4.98 Å². The van der Waals surface area contributed by atoms with E-state index in [-0.39, 0.29) is 0 Å². The molecule has 0 aliphatic carbocycles. The fourth-order valence-electron chi connectivity index (χ4n) is 5.72. The largest absolute Gasteiger partial charge is 0.329 e. The Labute approximate surface area is 210 Å². The van der Waals surface area contributed by atoms with Crippen molar-refractivity contribution >= 4 is 0 Å². The minimum absolute atomic E-state index is 0.459. The van der Waals surface area contributed by atoms with Gasteiger partial charge in [0.2, 0.25) is 0 Å². The molecule has 2 heterocycles. The zero-order valence-electron chi connectivity index (χ0n) is 21.4. The van der Waals surface area contributed by atoms with E-state index in [1.165, 1.54) is 52.8 Å². The first-order valence-electron chi connectivity index (χ1n) is 13.2. The number of rotatable bonds is 7. The SMILES string of the molecule is CCc1cccc(CC)c1-c1nc(-c2ccccc2)c(CN2CCCCC2c2ccccc2)n1C. The van der Waals surface area contributed by atoms with Crippen molar-refractivity contribution in [3.05, 3.63) is 101 Å². The van der Waals surface area contributed by atoms with Gasteiger partial charge >= 0.3 is 0 Å². The standard InChI is InChI=1S/C32H37N3/c1-4-24-19-14-20-25(5-2)30(24)32-33-31(27-17-10-7-11-18-27)29(34(32)3)23-35-22-13-12-21-28(35)26-15-8-6-9-16-26/h6-11,14-20,28H,4-5,12-13,21-23H2,1-3H3. The smallest absolute Gasteiger partial charge is 0.141 e. The van der Waals surface area contributed by atoms with Crippen LogP contribution in [0.5, 0.6) is 0 Å². The third-order valence-corrected chi connectivity index (χ3v) is 7.63. The number of benzene rings is 3. The lowest BCUT2D eigenvalue weighted by molar-refractivity contribution is 0.138. The molecule has 0 radical (unpaired) electrons. The van der Waals surface area contributed by atoms with Crippen molar-refractivity contribution in [2.75, 3.05) is 6.54 Å². The van der Waals surface area contributed by atoms with Gasteiger partial charge in [0.1, 0.15) is 5.82 Å². The molecular weight excluding hydrogens is 426 g/mol. The van der Waals surface area contributed by atoms with Gasteiger partial charge in [0, 0.05) is 30.8 Å². The molecule has 35 heavy (non-hydrogen) atoms. The third-order valence-electron chi connectivity index (χ3n) is 7.63. The second-order valence-corrected chi connectivity index (χ2v) is 9.71. The van der Waals surface area contributed by atoms with Gasteiger partial charge in [0.05, 0.1) is 11.4 Å². The summed E-state index contributed by atoms with van der Waals surface area (Å²) in [6.07, 6.45) is 5.78. The summed E-state index contributed by atoms with van der Waals surface area (Å²) in [5.74, 6) is 1.10. The first kappa shape index (κ1) is 23.6.